The van der Waals surface area contributed by atoms with Gasteiger partial charge < -0.3 is 10.5 Å². The summed E-state index contributed by atoms with van der Waals surface area (Å²) < 4.78 is 5.36. The van der Waals surface area contributed by atoms with Gasteiger partial charge in [-0.3, -0.25) is 4.90 Å². The van der Waals surface area contributed by atoms with Crippen LogP contribution < -0.4 is 5.73 Å². The van der Waals surface area contributed by atoms with Crippen LogP contribution >= 0.6 is 22.7 Å². The maximum absolute atomic E-state index is 5.70. The van der Waals surface area contributed by atoms with Gasteiger partial charge in [0.15, 0.2) is 5.13 Å². The number of aromatic nitrogens is 2. The zero-order chi connectivity index (χ0) is 13.9. The van der Waals surface area contributed by atoms with Crippen LogP contribution in [0.15, 0.2) is 5.38 Å². The van der Waals surface area contributed by atoms with Gasteiger partial charge in [0.2, 0.25) is 0 Å². The van der Waals surface area contributed by atoms with E-state index in [4.69, 9.17) is 10.5 Å². The van der Waals surface area contributed by atoms with Gasteiger partial charge in [-0.2, -0.15) is 0 Å². The van der Waals surface area contributed by atoms with Crippen molar-refractivity contribution >= 4 is 27.8 Å². The predicted octanol–water partition coefficient (Wildman–Crippen LogP) is 2.03. The van der Waals surface area contributed by atoms with Gasteiger partial charge in [-0.25, -0.2) is 9.97 Å². The second-order valence-electron chi connectivity index (χ2n) is 4.80. The summed E-state index contributed by atoms with van der Waals surface area (Å²) >= 11 is 3.21. The molecule has 1 aliphatic rings. The molecule has 0 radical (unpaired) electrons. The Labute approximate surface area is 126 Å². The lowest BCUT2D eigenvalue weighted by Crippen LogP contribution is -2.37. The minimum absolute atomic E-state index is 0.614. The second kappa shape index (κ2) is 6.17. The van der Waals surface area contributed by atoms with Crippen molar-refractivity contribution in [1.82, 2.24) is 14.9 Å². The monoisotopic (exact) mass is 310 g/mol. The summed E-state index contributed by atoms with van der Waals surface area (Å²) in [5.74, 6) is 0. The molecule has 2 N–H and O–H groups in total. The van der Waals surface area contributed by atoms with Crippen molar-refractivity contribution in [3.63, 3.8) is 0 Å². The molecule has 20 heavy (non-hydrogen) atoms. The lowest BCUT2D eigenvalue weighted by Gasteiger charge is -2.25. The molecule has 0 amide bonds. The standard InChI is InChI=1S/C13H18N4OS2/c1-9-12(10-8-19-13(14)16-10)20-11(15-9)2-3-17-4-6-18-7-5-17/h8H,2-7H2,1H3,(H2,14,16). The van der Waals surface area contributed by atoms with Crippen LogP contribution in [0.3, 0.4) is 0 Å². The Morgan fingerprint density at radius 3 is 2.85 bits per heavy atom. The third-order valence-electron chi connectivity index (χ3n) is 3.34. The van der Waals surface area contributed by atoms with Crippen molar-refractivity contribution in [2.45, 2.75) is 13.3 Å². The first-order valence-electron chi connectivity index (χ1n) is 6.70. The van der Waals surface area contributed by atoms with Crippen molar-refractivity contribution in [2.24, 2.45) is 0 Å². The second-order valence-corrected chi connectivity index (χ2v) is 6.77. The lowest BCUT2D eigenvalue weighted by atomic mass is 10.3. The molecule has 0 aliphatic carbocycles. The van der Waals surface area contributed by atoms with Gasteiger partial charge in [0, 0.05) is 31.4 Å². The zero-order valence-electron chi connectivity index (χ0n) is 11.5. The Morgan fingerprint density at radius 2 is 2.15 bits per heavy atom. The summed E-state index contributed by atoms with van der Waals surface area (Å²) in [7, 11) is 0. The summed E-state index contributed by atoms with van der Waals surface area (Å²) in [6, 6.07) is 0. The molecular formula is C13H18N4OS2. The molecule has 0 spiro atoms. The van der Waals surface area contributed by atoms with Crippen LogP contribution in [0, 0.1) is 6.92 Å². The molecule has 0 unspecified atom stereocenters. The number of nitrogens with zero attached hydrogens (tertiary/aromatic N) is 3. The first kappa shape index (κ1) is 13.9. The van der Waals surface area contributed by atoms with Crippen LogP contribution in [0.1, 0.15) is 10.7 Å². The van der Waals surface area contributed by atoms with E-state index in [2.05, 4.69) is 14.9 Å². The Kier molecular flexibility index (Phi) is 4.30. The van der Waals surface area contributed by atoms with E-state index in [1.54, 1.807) is 11.3 Å². The highest BCUT2D eigenvalue weighted by Gasteiger charge is 2.14. The molecule has 3 heterocycles. The quantitative estimate of drug-likeness (QED) is 0.936. The normalized spacial score (nSPS) is 16.6. The number of anilines is 1. The number of morpholine rings is 1. The van der Waals surface area contributed by atoms with E-state index in [-0.39, 0.29) is 0 Å². The molecule has 0 aromatic carbocycles. The summed E-state index contributed by atoms with van der Waals surface area (Å²) in [6.45, 7) is 6.84. The van der Waals surface area contributed by atoms with E-state index in [9.17, 15) is 0 Å². The van der Waals surface area contributed by atoms with Gasteiger partial charge in [-0.1, -0.05) is 0 Å². The average molecular weight is 310 g/mol. The molecule has 108 valence electrons. The van der Waals surface area contributed by atoms with Crippen molar-refractivity contribution in [2.75, 3.05) is 38.6 Å². The Balaban J connectivity index is 1.66. The summed E-state index contributed by atoms with van der Waals surface area (Å²) in [5, 5.41) is 3.79. The molecule has 0 bridgehead atoms. The van der Waals surface area contributed by atoms with E-state index in [0.717, 1.165) is 55.5 Å². The largest absolute Gasteiger partial charge is 0.379 e. The van der Waals surface area contributed by atoms with Gasteiger partial charge in [0.25, 0.3) is 0 Å². The molecule has 1 saturated heterocycles. The number of thiazole rings is 2. The van der Waals surface area contributed by atoms with Gasteiger partial charge in [0.1, 0.15) is 0 Å². The van der Waals surface area contributed by atoms with Crippen LogP contribution in [0.2, 0.25) is 0 Å². The molecule has 7 heteroatoms. The van der Waals surface area contributed by atoms with E-state index in [1.807, 2.05) is 12.3 Å². The molecule has 5 nitrogen and oxygen atoms in total. The molecule has 2 aromatic heterocycles. The number of nitrogen functional groups attached to an aromatic ring is 1. The third kappa shape index (κ3) is 3.17. The zero-order valence-corrected chi connectivity index (χ0v) is 13.1. The highest BCUT2D eigenvalue weighted by Crippen LogP contribution is 2.31. The SMILES string of the molecule is Cc1nc(CCN2CCOCC2)sc1-c1csc(N)n1. The fourth-order valence-corrected chi connectivity index (χ4v) is 3.91. The first-order valence-corrected chi connectivity index (χ1v) is 8.40. The maximum Gasteiger partial charge on any atom is 0.180 e. The summed E-state index contributed by atoms with van der Waals surface area (Å²) in [5.41, 5.74) is 7.71. The minimum Gasteiger partial charge on any atom is -0.379 e. The Bertz CT molecular complexity index is 575. The molecule has 3 rings (SSSR count). The average Bonchev–Trinajstić information content (AvgIpc) is 3.04. The van der Waals surface area contributed by atoms with Gasteiger partial charge in [0.05, 0.1) is 34.5 Å². The fraction of sp³-hybridized carbons (Fsp3) is 0.538. The van der Waals surface area contributed by atoms with E-state index in [1.165, 1.54) is 16.3 Å². The molecule has 0 saturated carbocycles. The number of ether oxygens (including phenoxy) is 1. The van der Waals surface area contributed by atoms with Crippen LogP contribution in [-0.4, -0.2) is 47.7 Å². The smallest absolute Gasteiger partial charge is 0.180 e. The Hall–Kier alpha value is -1.02. The molecule has 2 aromatic rings. The number of aryl methyl sites for hydroxylation is 1. The molecule has 1 fully saturated rings. The van der Waals surface area contributed by atoms with Crippen LogP contribution in [0.5, 0.6) is 0 Å². The highest BCUT2D eigenvalue weighted by molar-refractivity contribution is 7.16. The number of rotatable bonds is 4. The summed E-state index contributed by atoms with van der Waals surface area (Å²) in [4.78, 5) is 12.6. The van der Waals surface area contributed by atoms with Crippen molar-refractivity contribution in [3.8, 4) is 10.6 Å². The van der Waals surface area contributed by atoms with Crippen LogP contribution in [0.25, 0.3) is 10.6 Å². The lowest BCUT2D eigenvalue weighted by molar-refractivity contribution is 0.0384. The van der Waals surface area contributed by atoms with Gasteiger partial charge in [-0.05, 0) is 6.92 Å². The fourth-order valence-electron chi connectivity index (χ4n) is 2.27. The summed E-state index contributed by atoms with van der Waals surface area (Å²) in [6.07, 6.45) is 0.991. The third-order valence-corrected chi connectivity index (χ3v) is 5.25. The van der Waals surface area contributed by atoms with E-state index >= 15 is 0 Å². The predicted molar refractivity (Wildman–Crippen MR) is 83.3 cm³/mol. The van der Waals surface area contributed by atoms with Crippen LogP contribution in [-0.2, 0) is 11.2 Å². The molecule has 0 atom stereocenters. The maximum atomic E-state index is 5.70. The van der Waals surface area contributed by atoms with Crippen molar-refractivity contribution in [1.29, 1.82) is 0 Å². The first-order chi connectivity index (χ1) is 9.72. The van der Waals surface area contributed by atoms with Crippen molar-refractivity contribution < 1.29 is 4.74 Å². The van der Waals surface area contributed by atoms with Gasteiger partial charge in [-0.15, -0.1) is 22.7 Å². The minimum atomic E-state index is 0.614. The molecule has 1 aliphatic heterocycles. The number of hydrogen-bond donors (Lipinski definition) is 1. The van der Waals surface area contributed by atoms with Gasteiger partial charge >= 0.3 is 0 Å². The number of hydrogen-bond acceptors (Lipinski definition) is 7. The highest BCUT2D eigenvalue weighted by atomic mass is 32.1. The van der Waals surface area contributed by atoms with E-state index in [0.29, 0.717) is 5.13 Å². The van der Waals surface area contributed by atoms with Crippen molar-refractivity contribution in [3.05, 3.63) is 16.1 Å². The van der Waals surface area contributed by atoms with Crippen LogP contribution in [0.4, 0.5) is 5.13 Å². The topological polar surface area (TPSA) is 64.3 Å². The molecular weight excluding hydrogens is 292 g/mol. The van der Waals surface area contributed by atoms with E-state index < -0.39 is 0 Å². The Morgan fingerprint density at radius 1 is 1.35 bits per heavy atom. The number of nitrogens with two attached hydrogens (primary N) is 1.